The van der Waals surface area contributed by atoms with Crippen LogP contribution in [0.2, 0.25) is 0 Å². The molecule has 0 bridgehead atoms. The van der Waals surface area contributed by atoms with E-state index in [-0.39, 0.29) is 47.6 Å². The number of aryl methyl sites for hydroxylation is 1. The Hall–Kier alpha value is -5.21. The first-order valence-corrected chi connectivity index (χ1v) is 22.1. The highest BCUT2D eigenvalue weighted by Gasteiger charge is 2.51. The number of ketones is 2. The van der Waals surface area contributed by atoms with E-state index < -0.39 is 6.04 Å². The Balaban J connectivity index is 0.804. The quantitative estimate of drug-likeness (QED) is 0.294. The van der Waals surface area contributed by atoms with E-state index in [0.717, 1.165) is 104 Å². The number of urea groups is 1. The minimum Gasteiger partial charge on any atom is -0.496 e. The van der Waals surface area contributed by atoms with Gasteiger partial charge in [0.2, 0.25) is 0 Å². The van der Waals surface area contributed by atoms with E-state index in [2.05, 4.69) is 38.2 Å². The van der Waals surface area contributed by atoms with E-state index in [9.17, 15) is 24.0 Å². The highest BCUT2D eigenvalue weighted by molar-refractivity contribution is 6.07. The predicted molar refractivity (Wildman–Crippen MR) is 231 cm³/mol. The van der Waals surface area contributed by atoms with Crippen molar-refractivity contribution in [3.05, 3.63) is 74.7 Å². The Morgan fingerprint density at radius 1 is 0.869 bits per heavy atom. The second-order valence-electron chi connectivity index (χ2n) is 18.2. The van der Waals surface area contributed by atoms with Crippen molar-refractivity contribution in [1.82, 2.24) is 29.5 Å². The number of rotatable bonds is 10. The molecular formula is C47H59N7O7. The number of pyridine rings is 1. The van der Waals surface area contributed by atoms with E-state index in [1.807, 2.05) is 18.3 Å². The Labute approximate surface area is 357 Å². The SMILES string of the molecule is CNC(=O)N1CCc2c(-c3cc(OC)c(CN4CCN(CCC5CCN(c6ccc7c(c6)C(=O)N(C6CCC(=O)CC6=O)C7)CC5)CC45CC5)c(OC)c3)cn(C)c(=O)c2C1. The molecule has 5 heterocycles. The molecule has 2 saturated carbocycles. The average Bonchev–Trinajstić information content (AvgIpc) is 3.97. The molecule has 1 unspecified atom stereocenters. The number of ether oxygens (including phenoxy) is 2. The van der Waals surface area contributed by atoms with Crippen LogP contribution < -0.4 is 25.2 Å². The zero-order valence-corrected chi connectivity index (χ0v) is 36.1. The molecule has 61 heavy (non-hydrogen) atoms. The van der Waals surface area contributed by atoms with Crippen molar-refractivity contribution in [2.24, 2.45) is 13.0 Å². The number of aromatic nitrogens is 1. The van der Waals surface area contributed by atoms with Crippen LogP contribution in [0.1, 0.15) is 84.0 Å². The maximum Gasteiger partial charge on any atom is 0.317 e. The summed E-state index contributed by atoms with van der Waals surface area (Å²) in [4.78, 5) is 74.6. The number of benzene rings is 2. The summed E-state index contributed by atoms with van der Waals surface area (Å²) >= 11 is 0. The number of Topliss-reactive ketones (excluding diaryl/α,β-unsaturated/α-hetero) is 2. The number of hydrogen-bond acceptors (Lipinski definition) is 10. The van der Waals surface area contributed by atoms with E-state index in [4.69, 9.17) is 9.47 Å². The van der Waals surface area contributed by atoms with Gasteiger partial charge in [-0.25, -0.2) is 4.79 Å². The summed E-state index contributed by atoms with van der Waals surface area (Å²) in [5.74, 6) is 1.96. The van der Waals surface area contributed by atoms with Crippen LogP contribution in [0.15, 0.2) is 41.3 Å². The fraction of sp³-hybridized carbons (Fsp3) is 0.553. The van der Waals surface area contributed by atoms with Crippen LogP contribution in [-0.2, 0) is 42.7 Å². The lowest BCUT2D eigenvalue weighted by molar-refractivity contribution is -0.133. The Morgan fingerprint density at radius 2 is 1.62 bits per heavy atom. The van der Waals surface area contributed by atoms with Crippen molar-refractivity contribution in [2.75, 3.05) is 72.0 Å². The fourth-order valence-electron chi connectivity index (χ4n) is 10.8. The number of amides is 3. The number of piperazine rings is 1. The highest BCUT2D eigenvalue weighted by Crippen LogP contribution is 2.47. The number of fused-ring (bicyclic) bond motifs is 2. The molecule has 9 rings (SSSR count). The van der Waals surface area contributed by atoms with Crippen molar-refractivity contribution in [3.8, 4) is 22.6 Å². The van der Waals surface area contributed by atoms with Gasteiger partial charge in [-0.2, -0.15) is 0 Å². The third-order valence-corrected chi connectivity index (χ3v) is 14.6. The number of carbonyl (C=O) groups excluding carboxylic acids is 4. The van der Waals surface area contributed by atoms with Crippen LogP contribution in [-0.4, -0.2) is 126 Å². The molecule has 0 radical (unpaired) electrons. The highest BCUT2D eigenvalue weighted by atomic mass is 16.5. The predicted octanol–water partition coefficient (Wildman–Crippen LogP) is 4.37. The zero-order valence-electron chi connectivity index (χ0n) is 36.1. The first-order valence-electron chi connectivity index (χ1n) is 22.1. The minimum atomic E-state index is -0.488. The molecule has 4 aliphatic heterocycles. The van der Waals surface area contributed by atoms with E-state index in [0.29, 0.717) is 49.4 Å². The summed E-state index contributed by atoms with van der Waals surface area (Å²) in [5, 5.41) is 2.69. The largest absolute Gasteiger partial charge is 0.496 e. The van der Waals surface area contributed by atoms with E-state index in [1.165, 1.54) is 19.3 Å². The first-order chi connectivity index (χ1) is 29.5. The topological polar surface area (TPSA) is 137 Å². The van der Waals surface area contributed by atoms with Gasteiger partial charge in [0.25, 0.3) is 11.5 Å². The van der Waals surface area contributed by atoms with Crippen LogP contribution >= 0.6 is 0 Å². The molecular weight excluding hydrogens is 775 g/mol. The van der Waals surface area contributed by atoms with Crippen LogP contribution in [0.4, 0.5) is 10.5 Å². The van der Waals surface area contributed by atoms with Gasteiger partial charge >= 0.3 is 6.03 Å². The fourth-order valence-corrected chi connectivity index (χ4v) is 10.8. The monoisotopic (exact) mass is 833 g/mol. The number of nitrogens with zero attached hydrogens (tertiary/aromatic N) is 6. The molecule has 2 aliphatic carbocycles. The van der Waals surface area contributed by atoms with Gasteiger partial charge in [-0.3, -0.25) is 24.1 Å². The van der Waals surface area contributed by atoms with Gasteiger partial charge in [0.1, 0.15) is 17.3 Å². The Kier molecular flexibility index (Phi) is 11.2. The molecule has 4 fully saturated rings. The summed E-state index contributed by atoms with van der Waals surface area (Å²) in [7, 11) is 6.79. The number of hydrogen-bond donors (Lipinski definition) is 1. The van der Waals surface area contributed by atoms with Gasteiger partial charge in [-0.1, -0.05) is 6.07 Å². The van der Waals surface area contributed by atoms with Crippen molar-refractivity contribution in [2.45, 2.75) is 89.0 Å². The standard InChI is InChI=1S/C47H59N7O7/c1-48-46(59)52-18-12-35-37(26-49(2)44(57)38(35)27-52)32-21-42(60-3)39(43(22-32)61-4)28-53-20-19-50(29-47(53)13-14-47)15-9-30-10-16-51(17-11-30)33-6-5-31-25-54(45(58)36(31)23-33)40-8-7-34(55)24-41(40)56/h5-6,21-23,26,30,40H,7-20,24-25,27-29H2,1-4H3,(H,48,59). The third kappa shape index (κ3) is 7.81. The third-order valence-electron chi connectivity index (χ3n) is 14.6. The normalized spacial score (nSPS) is 21.8. The van der Waals surface area contributed by atoms with Crippen LogP contribution in [0, 0.1) is 5.92 Å². The number of piperidine rings is 1. The maximum absolute atomic E-state index is 13.4. The summed E-state index contributed by atoms with van der Waals surface area (Å²) in [6.07, 6.45) is 9.01. The first kappa shape index (κ1) is 41.2. The van der Waals surface area contributed by atoms with Gasteiger partial charge in [0.05, 0.1) is 38.8 Å². The lowest BCUT2D eigenvalue weighted by Crippen LogP contribution is -2.54. The van der Waals surface area contributed by atoms with Crippen molar-refractivity contribution < 1.29 is 28.7 Å². The van der Waals surface area contributed by atoms with Crippen molar-refractivity contribution in [1.29, 1.82) is 0 Å². The molecule has 1 N–H and O–H groups in total. The zero-order chi connectivity index (χ0) is 42.6. The van der Waals surface area contributed by atoms with Crippen LogP contribution in [0.5, 0.6) is 11.5 Å². The van der Waals surface area contributed by atoms with Crippen molar-refractivity contribution in [3.63, 3.8) is 0 Å². The number of nitrogens with one attached hydrogen (secondary N) is 1. The van der Waals surface area contributed by atoms with Gasteiger partial charge in [-0.15, -0.1) is 0 Å². The molecule has 3 amide bonds. The molecule has 2 saturated heterocycles. The number of carbonyl (C=O) groups is 4. The molecule has 6 aliphatic rings. The van der Waals surface area contributed by atoms with Gasteiger partial charge < -0.3 is 39.0 Å². The van der Waals surface area contributed by atoms with Crippen LogP contribution in [0.25, 0.3) is 11.1 Å². The number of methoxy groups -OCH3 is 2. The molecule has 324 valence electrons. The molecule has 14 nitrogen and oxygen atoms in total. The Morgan fingerprint density at radius 3 is 2.31 bits per heavy atom. The van der Waals surface area contributed by atoms with E-state index in [1.54, 1.807) is 42.7 Å². The summed E-state index contributed by atoms with van der Waals surface area (Å²) in [6, 6.07) is 9.68. The summed E-state index contributed by atoms with van der Waals surface area (Å²) < 4.78 is 13.8. The molecule has 1 spiro atoms. The average molecular weight is 834 g/mol. The minimum absolute atomic E-state index is 0.0256. The molecule has 14 heteroatoms. The second-order valence-corrected chi connectivity index (χ2v) is 18.2. The molecule has 2 aromatic carbocycles. The lowest BCUT2D eigenvalue weighted by atomic mass is 9.91. The smallest absolute Gasteiger partial charge is 0.317 e. The molecule has 3 aromatic rings. The number of anilines is 1. The Bertz CT molecular complexity index is 2290. The molecule has 1 atom stereocenters. The van der Waals surface area contributed by atoms with E-state index >= 15 is 0 Å². The van der Waals surface area contributed by atoms with Gasteiger partial charge in [0.15, 0.2) is 5.78 Å². The summed E-state index contributed by atoms with van der Waals surface area (Å²) in [6.45, 7) is 8.06. The molecule has 1 aromatic heterocycles. The second kappa shape index (κ2) is 16.6. The maximum atomic E-state index is 13.4. The van der Waals surface area contributed by atoms with Crippen molar-refractivity contribution >= 4 is 29.2 Å². The van der Waals surface area contributed by atoms with Gasteiger partial charge in [0, 0.05) is 107 Å². The lowest BCUT2D eigenvalue weighted by Gasteiger charge is -2.43. The van der Waals surface area contributed by atoms with Gasteiger partial charge in [-0.05, 0) is 98.4 Å². The van der Waals surface area contributed by atoms with Crippen LogP contribution in [0.3, 0.4) is 0 Å². The summed E-state index contributed by atoms with van der Waals surface area (Å²) in [5.41, 5.74) is 7.35.